The summed E-state index contributed by atoms with van der Waals surface area (Å²) in [4.78, 5) is 22.0. The van der Waals surface area contributed by atoms with Gasteiger partial charge in [-0.25, -0.2) is 0 Å². The van der Waals surface area contributed by atoms with Gasteiger partial charge < -0.3 is 9.47 Å². The quantitative estimate of drug-likeness (QED) is 0.624. The molecule has 0 aromatic carbocycles. The highest BCUT2D eigenvalue weighted by Gasteiger charge is 2.23. The third-order valence-corrected chi connectivity index (χ3v) is 2.93. The summed E-state index contributed by atoms with van der Waals surface area (Å²) in [6.07, 6.45) is -0.489. The summed E-state index contributed by atoms with van der Waals surface area (Å²) in [6, 6.07) is 0. The molecule has 0 aliphatic carbocycles. The Bertz CT molecular complexity index is 217. The van der Waals surface area contributed by atoms with Gasteiger partial charge in [0.2, 0.25) is 0 Å². The summed E-state index contributed by atoms with van der Waals surface area (Å²) in [7, 11) is 1.51. The molecule has 15 heavy (non-hydrogen) atoms. The van der Waals surface area contributed by atoms with Gasteiger partial charge in [0.1, 0.15) is 12.9 Å². The van der Waals surface area contributed by atoms with Gasteiger partial charge in [0, 0.05) is 19.8 Å². The van der Waals surface area contributed by atoms with Gasteiger partial charge >= 0.3 is 0 Å². The van der Waals surface area contributed by atoms with Crippen LogP contribution in [-0.4, -0.2) is 36.7 Å². The second-order valence-electron chi connectivity index (χ2n) is 3.38. The number of ether oxygens (including phenoxy) is 2. The smallest absolute Gasteiger partial charge is 0.185 e. The second-order valence-corrected chi connectivity index (χ2v) is 4.58. The Labute approximate surface area is 94.7 Å². The van der Waals surface area contributed by atoms with Crippen LogP contribution in [0, 0.1) is 5.92 Å². The van der Waals surface area contributed by atoms with Crippen molar-refractivity contribution in [3.8, 4) is 0 Å². The highest BCUT2D eigenvalue weighted by atomic mass is 32.2. The average molecular weight is 234 g/mol. The molecule has 1 unspecified atom stereocenters. The maximum Gasteiger partial charge on any atom is 0.185 e. The topological polar surface area (TPSA) is 52.6 Å². The van der Waals surface area contributed by atoms with E-state index in [4.69, 9.17) is 9.47 Å². The van der Waals surface area contributed by atoms with Crippen LogP contribution in [0.5, 0.6) is 0 Å². The first-order valence-corrected chi connectivity index (χ1v) is 5.72. The number of hydrogen-bond acceptors (Lipinski definition) is 5. The molecule has 0 aromatic heterocycles. The van der Waals surface area contributed by atoms with Crippen molar-refractivity contribution in [1.82, 2.24) is 0 Å². The van der Waals surface area contributed by atoms with Crippen molar-refractivity contribution >= 4 is 22.7 Å². The molecular formula is C10H18O4S. The molecule has 0 fully saturated rings. The van der Waals surface area contributed by atoms with Gasteiger partial charge in [0.15, 0.2) is 10.9 Å². The normalized spacial score (nSPS) is 14.7. The Morgan fingerprint density at radius 3 is 2.33 bits per heavy atom. The van der Waals surface area contributed by atoms with E-state index in [0.29, 0.717) is 5.75 Å². The minimum absolute atomic E-state index is 0.00606. The molecule has 0 aliphatic heterocycles. The second kappa shape index (κ2) is 7.84. The minimum Gasteiger partial charge on any atom is -0.359 e. The maximum atomic E-state index is 11.3. The summed E-state index contributed by atoms with van der Waals surface area (Å²) in [6.45, 7) is 4.97. The van der Waals surface area contributed by atoms with Gasteiger partial charge in [-0.3, -0.25) is 9.59 Å². The zero-order valence-electron chi connectivity index (χ0n) is 9.61. The molecule has 88 valence electrons. The van der Waals surface area contributed by atoms with E-state index in [-0.39, 0.29) is 23.6 Å². The molecule has 0 saturated carbocycles. The lowest BCUT2D eigenvalue weighted by Gasteiger charge is -2.20. The molecule has 0 aliphatic rings. The van der Waals surface area contributed by atoms with Crippen molar-refractivity contribution in [3.63, 3.8) is 0 Å². The van der Waals surface area contributed by atoms with Crippen LogP contribution in [0.3, 0.4) is 0 Å². The van der Waals surface area contributed by atoms with E-state index in [0.717, 1.165) is 0 Å². The molecule has 0 radical (unpaired) electrons. The van der Waals surface area contributed by atoms with Gasteiger partial charge in [0.05, 0.1) is 0 Å². The lowest BCUT2D eigenvalue weighted by atomic mass is 10.0. The Morgan fingerprint density at radius 2 is 1.93 bits per heavy atom. The number of thioether (sulfide) groups is 1. The Balaban J connectivity index is 4.09. The fraction of sp³-hybridized carbons (Fsp3) is 0.800. The zero-order valence-corrected chi connectivity index (χ0v) is 10.4. The van der Waals surface area contributed by atoms with E-state index in [1.165, 1.54) is 32.7 Å². The lowest BCUT2D eigenvalue weighted by molar-refractivity contribution is -0.141. The molecule has 4 nitrogen and oxygen atoms in total. The molecule has 0 rings (SSSR count). The zero-order chi connectivity index (χ0) is 11.8. The molecule has 0 bridgehead atoms. The standard InChI is InChI=1S/C10H18O4S/c1-7(5-15-9(3)12)10(8(2)11)14-6-13-4/h7,10H,5-6H2,1-4H3/t7?,10-/m1/s1. The van der Waals surface area contributed by atoms with Crippen molar-refractivity contribution in [2.45, 2.75) is 26.9 Å². The first-order valence-electron chi connectivity index (χ1n) is 4.73. The van der Waals surface area contributed by atoms with Crippen molar-refractivity contribution < 1.29 is 19.1 Å². The van der Waals surface area contributed by atoms with Crippen LogP contribution in [0.1, 0.15) is 20.8 Å². The van der Waals surface area contributed by atoms with E-state index < -0.39 is 6.10 Å². The molecule has 0 heterocycles. The van der Waals surface area contributed by atoms with Crippen molar-refractivity contribution in [2.24, 2.45) is 5.92 Å². The number of Topliss-reactive ketones (excluding diaryl/α,β-unsaturated/α-hetero) is 1. The van der Waals surface area contributed by atoms with Gasteiger partial charge in [-0.05, 0) is 12.8 Å². The van der Waals surface area contributed by atoms with Crippen LogP contribution in [-0.2, 0) is 19.1 Å². The fourth-order valence-electron chi connectivity index (χ4n) is 1.16. The number of rotatable bonds is 7. The first kappa shape index (κ1) is 14.6. The highest BCUT2D eigenvalue weighted by Crippen LogP contribution is 2.16. The summed E-state index contributed by atoms with van der Waals surface area (Å²) < 4.78 is 10.0. The van der Waals surface area contributed by atoms with Crippen molar-refractivity contribution in [2.75, 3.05) is 19.7 Å². The van der Waals surface area contributed by atoms with Gasteiger partial charge in [-0.2, -0.15) is 0 Å². The van der Waals surface area contributed by atoms with Crippen LogP contribution in [0.2, 0.25) is 0 Å². The van der Waals surface area contributed by atoms with E-state index in [1.807, 2.05) is 6.92 Å². The van der Waals surface area contributed by atoms with Crippen LogP contribution in [0.4, 0.5) is 0 Å². The predicted octanol–water partition coefficient (Wildman–Crippen LogP) is 1.48. The molecule has 2 atom stereocenters. The van der Waals surface area contributed by atoms with Gasteiger partial charge in [0.25, 0.3) is 0 Å². The first-order chi connectivity index (χ1) is 6.99. The fourth-order valence-corrected chi connectivity index (χ4v) is 1.83. The number of methoxy groups -OCH3 is 1. The molecular weight excluding hydrogens is 216 g/mol. The SMILES string of the molecule is COCO[C@@H](C(C)=O)C(C)CSC(C)=O. The van der Waals surface area contributed by atoms with Crippen molar-refractivity contribution in [1.29, 1.82) is 0 Å². The predicted molar refractivity (Wildman–Crippen MR) is 59.7 cm³/mol. The summed E-state index contributed by atoms with van der Waals surface area (Å²) >= 11 is 1.21. The number of hydrogen-bond donors (Lipinski definition) is 0. The molecule has 0 aromatic rings. The maximum absolute atomic E-state index is 11.3. The van der Waals surface area contributed by atoms with Crippen LogP contribution >= 0.6 is 11.8 Å². The van der Waals surface area contributed by atoms with E-state index in [9.17, 15) is 9.59 Å². The summed E-state index contributed by atoms with van der Waals surface area (Å²) in [5.74, 6) is 0.554. The number of carbonyl (C=O) groups is 2. The number of carbonyl (C=O) groups excluding carboxylic acids is 2. The van der Waals surface area contributed by atoms with Gasteiger partial charge in [-0.15, -0.1) is 0 Å². The van der Waals surface area contributed by atoms with Crippen LogP contribution < -0.4 is 0 Å². The Hall–Kier alpha value is -0.390. The number of ketones is 1. The van der Waals surface area contributed by atoms with E-state index >= 15 is 0 Å². The molecule has 0 N–H and O–H groups in total. The third-order valence-electron chi connectivity index (χ3n) is 1.83. The van der Waals surface area contributed by atoms with E-state index in [2.05, 4.69) is 0 Å². The molecule has 0 saturated heterocycles. The Kier molecular flexibility index (Phi) is 7.64. The largest absolute Gasteiger partial charge is 0.359 e. The summed E-state index contributed by atoms with van der Waals surface area (Å²) in [5.41, 5.74) is 0. The van der Waals surface area contributed by atoms with Gasteiger partial charge in [-0.1, -0.05) is 18.7 Å². The van der Waals surface area contributed by atoms with Crippen LogP contribution in [0.25, 0.3) is 0 Å². The average Bonchev–Trinajstić information content (AvgIpc) is 2.14. The molecule has 0 amide bonds. The van der Waals surface area contributed by atoms with Crippen LogP contribution in [0.15, 0.2) is 0 Å². The lowest BCUT2D eigenvalue weighted by Crippen LogP contribution is -2.31. The monoisotopic (exact) mass is 234 g/mol. The summed E-state index contributed by atoms with van der Waals surface area (Å²) in [5, 5.41) is 0.0518. The molecule has 0 spiro atoms. The van der Waals surface area contributed by atoms with E-state index in [1.54, 1.807) is 0 Å². The minimum atomic E-state index is -0.489. The Morgan fingerprint density at radius 1 is 1.33 bits per heavy atom. The third kappa shape index (κ3) is 6.65. The van der Waals surface area contributed by atoms with Crippen molar-refractivity contribution in [3.05, 3.63) is 0 Å². The highest BCUT2D eigenvalue weighted by molar-refractivity contribution is 8.13. The molecule has 5 heteroatoms.